The van der Waals surface area contributed by atoms with Gasteiger partial charge in [0.2, 0.25) is 0 Å². The van der Waals surface area contributed by atoms with Crippen molar-refractivity contribution in [1.29, 1.82) is 0 Å². The molecule has 3 rings (SSSR count). The first kappa shape index (κ1) is 26.8. The Morgan fingerprint density at radius 1 is 0.889 bits per heavy atom. The molecule has 0 aliphatic rings. The molecule has 0 saturated carbocycles. The summed E-state index contributed by atoms with van der Waals surface area (Å²) < 4.78 is 16.7. The predicted octanol–water partition coefficient (Wildman–Crippen LogP) is 5.25. The third-order valence-electron chi connectivity index (χ3n) is 4.70. The Kier molecular flexibility index (Phi) is 9.97. The number of carbonyl (C=O) groups is 2. The van der Waals surface area contributed by atoms with Gasteiger partial charge in [0.1, 0.15) is 5.75 Å². The third kappa shape index (κ3) is 8.18. The van der Waals surface area contributed by atoms with Crippen LogP contribution in [0.2, 0.25) is 10.0 Å². The number of halogens is 2. The van der Waals surface area contributed by atoms with Gasteiger partial charge in [0.15, 0.2) is 24.7 Å². The van der Waals surface area contributed by atoms with Crippen LogP contribution in [0.1, 0.15) is 18.1 Å². The smallest absolute Gasteiger partial charge is 0.277 e. The molecule has 36 heavy (non-hydrogen) atoms. The summed E-state index contributed by atoms with van der Waals surface area (Å²) >= 11 is 11.9. The van der Waals surface area contributed by atoms with Crippen molar-refractivity contribution in [2.75, 3.05) is 25.1 Å². The number of hydrogen-bond donors (Lipinski definition) is 2. The van der Waals surface area contributed by atoms with Crippen LogP contribution in [0.25, 0.3) is 0 Å². The van der Waals surface area contributed by atoms with E-state index < -0.39 is 5.91 Å². The van der Waals surface area contributed by atoms with Crippen LogP contribution in [0.5, 0.6) is 17.2 Å². The van der Waals surface area contributed by atoms with Crippen LogP contribution in [-0.4, -0.2) is 37.8 Å². The van der Waals surface area contributed by atoms with Gasteiger partial charge in [-0.05, 0) is 67.4 Å². The summed E-state index contributed by atoms with van der Waals surface area (Å²) in [6, 6.07) is 17.3. The van der Waals surface area contributed by atoms with E-state index in [2.05, 4.69) is 15.8 Å². The normalized spacial score (nSPS) is 10.7. The molecule has 0 atom stereocenters. The molecule has 0 radical (unpaired) electrons. The van der Waals surface area contributed by atoms with Crippen LogP contribution in [0.3, 0.4) is 0 Å². The van der Waals surface area contributed by atoms with Gasteiger partial charge in [0.25, 0.3) is 11.8 Å². The highest BCUT2D eigenvalue weighted by molar-refractivity contribution is 6.35. The molecule has 0 aliphatic carbocycles. The van der Waals surface area contributed by atoms with E-state index >= 15 is 0 Å². The molecule has 0 spiro atoms. The fourth-order valence-electron chi connectivity index (χ4n) is 2.98. The van der Waals surface area contributed by atoms with Crippen LogP contribution in [-0.2, 0) is 9.59 Å². The molecule has 0 aromatic heterocycles. The molecular formula is C26H25Cl2N3O5. The lowest BCUT2D eigenvalue weighted by atomic mass is 10.2. The first-order valence-electron chi connectivity index (χ1n) is 11.0. The highest BCUT2D eigenvalue weighted by Gasteiger charge is 2.10. The highest BCUT2D eigenvalue weighted by atomic mass is 35.5. The summed E-state index contributed by atoms with van der Waals surface area (Å²) in [4.78, 5) is 24.3. The van der Waals surface area contributed by atoms with Gasteiger partial charge in [-0.15, -0.1) is 0 Å². The number of nitrogens with one attached hydrogen (secondary N) is 2. The van der Waals surface area contributed by atoms with E-state index in [4.69, 9.17) is 37.4 Å². The maximum Gasteiger partial charge on any atom is 0.277 e. The zero-order valence-corrected chi connectivity index (χ0v) is 21.2. The molecule has 2 N–H and O–H groups in total. The van der Waals surface area contributed by atoms with Crippen LogP contribution < -0.4 is 25.0 Å². The average molecular weight is 530 g/mol. The van der Waals surface area contributed by atoms with Gasteiger partial charge in [0.05, 0.1) is 17.8 Å². The summed E-state index contributed by atoms with van der Waals surface area (Å²) in [6.07, 6.45) is 1.45. The summed E-state index contributed by atoms with van der Waals surface area (Å²) in [5.74, 6) is 0.428. The molecule has 0 heterocycles. The zero-order valence-electron chi connectivity index (χ0n) is 19.7. The number of hydrogen-bond acceptors (Lipinski definition) is 6. The topological polar surface area (TPSA) is 98.2 Å². The minimum absolute atomic E-state index is 0.185. The standard InChI is InChI=1S/C26H25Cl2N3O5/c1-3-34-24-12-18(14-29-31-26(33)16-35-22-11-9-19(27)13-20(22)28)8-10-23(24)36-15-25(32)30-21-7-5-4-6-17(21)2/h4-14H,3,15-16H2,1-2H3,(H,30,32)(H,31,33)/b29-14+. The molecular weight excluding hydrogens is 505 g/mol. The molecule has 0 saturated heterocycles. The van der Waals surface area contributed by atoms with Crippen molar-refractivity contribution in [3.05, 3.63) is 81.8 Å². The Morgan fingerprint density at radius 3 is 2.36 bits per heavy atom. The average Bonchev–Trinajstić information content (AvgIpc) is 2.84. The maximum absolute atomic E-state index is 12.3. The second-order valence-corrected chi connectivity index (χ2v) is 8.29. The summed E-state index contributed by atoms with van der Waals surface area (Å²) in [5.41, 5.74) is 4.71. The minimum Gasteiger partial charge on any atom is -0.490 e. The number of carbonyl (C=O) groups excluding carboxylic acids is 2. The second kappa shape index (κ2) is 13.4. The van der Waals surface area contributed by atoms with Crippen molar-refractivity contribution in [1.82, 2.24) is 5.43 Å². The largest absolute Gasteiger partial charge is 0.490 e. The maximum atomic E-state index is 12.3. The third-order valence-corrected chi connectivity index (χ3v) is 5.23. The molecule has 0 unspecified atom stereocenters. The zero-order chi connectivity index (χ0) is 25.9. The van der Waals surface area contributed by atoms with E-state index in [0.717, 1.165) is 11.3 Å². The van der Waals surface area contributed by atoms with Crippen LogP contribution >= 0.6 is 23.2 Å². The Morgan fingerprint density at radius 2 is 1.61 bits per heavy atom. The van der Waals surface area contributed by atoms with Crippen molar-refractivity contribution in [2.24, 2.45) is 5.10 Å². The number of rotatable bonds is 11. The lowest BCUT2D eigenvalue weighted by Crippen LogP contribution is -2.24. The number of anilines is 1. The fraction of sp³-hybridized carbons (Fsp3) is 0.192. The molecule has 0 aliphatic heterocycles. The van der Waals surface area contributed by atoms with E-state index in [1.54, 1.807) is 30.3 Å². The molecule has 8 nitrogen and oxygen atoms in total. The number of ether oxygens (including phenoxy) is 3. The van der Waals surface area contributed by atoms with Gasteiger partial charge in [-0.25, -0.2) is 5.43 Å². The first-order chi connectivity index (χ1) is 17.4. The Balaban J connectivity index is 1.53. The van der Waals surface area contributed by atoms with Gasteiger partial charge < -0.3 is 19.5 Å². The fourth-order valence-corrected chi connectivity index (χ4v) is 3.44. The van der Waals surface area contributed by atoms with Gasteiger partial charge in [-0.1, -0.05) is 41.4 Å². The van der Waals surface area contributed by atoms with Gasteiger partial charge >= 0.3 is 0 Å². The van der Waals surface area contributed by atoms with Crippen molar-refractivity contribution < 1.29 is 23.8 Å². The quantitative estimate of drug-likeness (QED) is 0.261. The molecule has 2 amide bonds. The SMILES string of the molecule is CCOc1cc(/C=N/NC(=O)COc2ccc(Cl)cc2Cl)ccc1OCC(=O)Nc1ccccc1C. The van der Waals surface area contributed by atoms with E-state index in [1.165, 1.54) is 12.3 Å². The first-order valence-corrected chi connectivity index (χ1v) is 11.8. The van der Waals surface area contributed by atoms with Crippen molar-refractivity contribution in [3.63, 3.8) is 0 Å². The number of nitrogens with zero attached hydrogens (tertiary/aromatic N) is 1. The van der Waals surface area contributed by atoms with E-state index in [1.807, 2.05) is 38.1 Å². The van der Waals surface area contributed by atoms with E-state index in [-0.39, 0.29) is 19.1 Å². The molecule has 188 valence electrons. The Bertz CT molecular complexity index is 1250. The number of benzene rings is 3. The summed E-state index contributed by atoms with van der Waals surface area (Å²) in [7, 11) is 0. The monoisotopic (exact) mass is 529 g/mol. The lowest BCUT2D eigenvalue weighted by Gasteiger charge is -2.13. The van der Waals surface area contributed by atoms with Crippen LogP contribution in [0.4, 0.5) is 5.69 Å². The molecule has 10 heteroatoms. The van der Waals surface area contributed by atoms with E-state index in [0.29, 0.717) is 39.5 Å². The van der Waals surface area contributed by atoms with Gasteiger partial charge in [-0.3, -0.25) is 9.59 Å². The molecule has 0 bridgehead atoms. The van der Waals surface area contributed by atoms with Gasteiger partial charge in [-0.2, -0.15) is 5.10 Å². The van der Waals surface area contributed by atoms with E-state index in [9.17, 15) is 9.59 Å². The number of aryl methyl sites for hydroxylation is 1. The summed E-state index contributed by atoms with van der Waals surface area (Å²) in [6.45, 7) is 3.68. The minimum atomic E-state index is -0.470. The highest BCUT2D eigenvalue weighted by Crippen LogP contribution is 2.29. The lowest BCUT2D eigenvalue weighted by molar-refractivity contribution is -0.123. The molecule has 3 aromatic rings. The van der Waals surface area contributed by atoms with Crippen molar-refractivity contribution in [3.8, 4) is 17.2 Å². The summed E-state index contributed by atoms with van der Waals surface area (Å²) in [5, 5.41) is 7.52. The Labute approximate surface area is 219 Å². The van der Waals surface area contributed by atoms with Gasteiger partial charge in [0, 0.05) is 10.7 Å². The number of hydrazone groups is 1. The predicted molar refractivity (Wildman–Crippen MR) is 141 cm³/mol. The van der Waals surface area contributed by atoms with Crippen molar-refractivity contribution >= 4 is 46.9 Å². The number of para-hydroxylation sites is 1. The second-order valence-electron chi connectivity index (χ2n) is 7.45. The molecule has 3 aromatic carbocycles. The van der Waals surface area contributed by atoms with Crippen LogP contribution in [0, 0.1) is 6.92 Å². The molecule has 0 fully saturated rings. The van der Waals surface area contributed by atoms with Crippen LogP contribution in [0.15, 0.2) is 65.8 Å². The van der Waals surface area contributed by atoms with Crippen molar-refractivity contribution in [2.45, 2.75) is 13.8 Å². The Hall–Kier alpha value is -3.75. The number of amides is 2.